The van der Waals surface area contributed by atoms with Crippen LogP contribution in [0.3, 0.4) is 0 Å². The van der Waals surface area contributed by atoms with E-state index < -0.39 is 0 Å². The second-order valence-corrected chi connectivity index (χ2v) is 4.54. The van der Waals surface area contributed by atoms with E-state index in [1.54, 1.807) is 6.92 Å². The van der Waals surface area contributed by atoms with Gasteiger partial charge in [-0.25, -0.2) is 4.79 Å². The fourth-order valence-electron chi connectivity index (χ4n) is 2.22. The SMILES string of the molecule is CCOC(=O)COCCNC1CCOc2ccccc21. The molecule has 1 heterocycles. The number of para-hydroxylation sites is 1. The molecule has 0 saturated heterocycles. The first kappa shape index (κ1) is 14.8. The van der Waals surface area contributed by atoms with Gasteiger partial charge in [-0.1, -0.05) is 18.2 Å². The third-order valence-electron chi connectivity index (χ3n) is 3.12. The van der Waals surface area contributed by atoms with Crippen molar-refractivity contribution >= 4 is 5.97 Å². The number of carbonyl (C=O) groups is 1. The predicted molar refractivity (Wildman–Crippen MR) is 74.7 cm³/mol. The number of hydrogen-bond donors (Lipinski definition) is 1. The normalized spacial score (nSPS) is 17.1. The maximum absolute atomic E-state index is 11.1. The van der Waals surface area contributed by atoms with Crippen molar-refractivity contribution in [2.24, 2.45) is 0 Å². The third-order valence-corrected chi connectivity index (χ3v) is 3.12. The number of fused-ring (bicyclic) bond motifs is 1. The third kappa shape index (κ3) is 4.21. The number of benzene rings is 1. The van der Waals surface area contributed by atoms with Gasteiger partial charge in [0.25, 0.3) is 0 Å². The van der Waals surface area contributed by atoms with Crippen molar-refractivity contribution in [1.29, 1.82) is 0 Å². The first-order chi connectivity index (χ1) is 9.81. The van der Waals surface area contributed by atoms with Crippen molar-refractivity contribution in [2.75, 3.05) is 33.0 Å². The zero-order valence-corrected chi connectivity index (χ0v) is 11.8. The van der Waals surface area contributed by atoms with Crippen molar-refractivity contribution in [2.45, 2.75) is 19.4 Å². The molecule has 1 aromatic rings. The van der Waals surface area contributed by atoms with Gasteiger partial charge in [0.1, 0.15) is 12.4 Å². The molecule has 1 aromatic carbocycles. The smallest absolute Gasteiger partial charge is 0.332 e. The van der Waals surface area contributed by atoms with Crippen LogP contribution in [0.15, 0.2) is 24.3 Å². The van der Waals surface area contributed by atoms with Gasteiger partial charge in [-0.15, -0.1) is 0 Å². The minimum absolute atomic E-state index is 0.0138. The van der Waals surface area contributed by atoms with Crippen LogP contribution in [0.2, 0.25) is 0 Å². The van der Waals surface area contributed by atoms with Gasteiger partial charge in [0.15, 0.2) is 0 Å². The van der Waals surface area contributed by atoms with Crippen molar-refractivity contribution in [3.05, 3.63) is 29.8 Å². The predicted octanol–water partition coefficient (Wildman–Crippen LogP) is 1.68. The second kappa shape index (κ2) is 7.87. The lowest BCUT2D eigenvalue weighted by Crippen LogP contribution is -2.30. The molecule has 0 fully saturated rings. The lowest BCUT2D eigenvalue weighted by molar-refractivity contribution is -0.148. The summed E-state index contributed by atoms with van der Waals surface area (Å²) in [6, 6.07) is 8.33. The fraction of sp³-hybridized carbons (Fsp3) is 0.533. The summed E-state index contributed by atoms with van der Waals surface area (Å²) in [5.74, 6) is 0.632. The Morgan fingerprint density at radius 2 is 2.30 bits per heavy atom. The molecule has 0 saturated carbocycles. The van der Waals surface area contributed by atoms with Crippen LogP contribution in [0.1, 0.15) is 24.9 Å². The Morgan fingerprint density at radius 3 is 3.15 bits per heavy atom. The van der Waals surface area contributed by atoms with E-state index in [-0.39, 0.29) is 18.6 Å². The molecule has 5 heteroatoms. The molecular weight excluding hydrogens is 258 g/mol. The molecule has 1 aliphatic heterocycles. The molecule has 0 aromatic heterocycles. The molecule has 0 bridgehead atoms. The largest absolute Gasteiger partial charge is 0.493 e. The van der Waals surface area contributed by atoms with E-state index in [4.69, 9.17) is 14.2 Å². The highest BCUT2D eigenvalue weighted by Crippen LogP contribution is 2.31. The van der Waals surface area contributed by atoms with Crippen molar-refractivity contribution in [3.63, 3.8) is 0 Å². The van der Waals surface area contributed by atoms with Gasteiger partial charge in [0.05, 0.1) is 19.8 Å². The molecule has 2 rings (SSSR count). The molecule has 110 valence electrons. The van der Waals surface area contributed by atoms with E-state index in [0.29, 0.717) is 19.8 Å². The highest BCUT2D eigenvalue weighted by atomic mass is 16.6. The number of esters is 1. The van der Waals surface area contributed by atoms with Gasteiger partial charge in [-0.05, 0) is 13.0 Å². The lowest BCUT2D eigenvalue weighted by Gasteiger charge is -2.26. The summed E-state index contributed by atoms with van der Waals surface area (Å²) in [6.07, 6.45) is 0.939. The van der Waals surface area contributed by atoms with Crippen molar-refractivity contribution in [1.82, 2.24) is 5.32 Å². The summed E-state index contributed by atoms with van der Waals surface area (Å²) >= 11 is 0. The van der Waals surface area contributed by atoms with E-state index in [2.05, 4.69) is 11.4 Å². The van der Waals surface area contributed by atoms with Crippen LogP contribution in [0.4, 0.5) is 0 Å². The van der Waals surface area contributed by atoms with E-state index in [1.165, 1.54) is 5.56 Å². The van der Waals surface area contributed by atoms with Crippen LogP contribution in [-0.2, 0) is 14.3 Å². The quantitative estimate of drug-likeness (QED) is 0.608. The highest BCUT2D eigenvalue weighted by Gasteiger charge is 2.19. The highest BCUT2D eigenvalue weighted by molar-refractivity contribution is 5.70. The topological polar surface area (TPSA) is 56.8 Å². The van der Waals surface area contributed by atoms with Crippen LogP contribution in [0, 0.1) is 0 Å². The standard InChI is InChI=1S/C15H21NO4/c1-2-19-15(17)11-18-10-8-16-13-7-9-20-14-6-4-3-5-12(13)14/h3-6,13,16H,2,7-11H2,1H3. The Balaban J connectivity index is 1.69. The maximum atomic E-state index is 11.1. The summed E-state index contributed by atoms with van der Waals surface area (Å²) in [5.41, 5.74) is 1.18. The van der Waals surface area contributed by atoms with Crippen LogP contribution < -0.4 is 10.1 Å². The Morgan fingerprint density at radius 1 is 1.45 bits per heavy atom. The van der Waals surface area contributed by atoms with E-state index in [1.807, 2.05) is 18.2 Å². The Labute approximate surface area is 119 Å². The first-order valence-electron chi connectivity index (χ1n) is 6.99. The number of nitrogens with one attached hydrogen (secondary N) is 1. The zero-order chi connectivity index (χ0) is 14.2. The summed E-state index contributed by atoms with van der Waals surface area (Å²) in [6.45, 7) is 4.08. The van der Waals surface area contributed by atoms with Crippen molar-refractivity contribution < 1.29 is 19.0 Å². The molecular formula is C15H21NO4. The molecule has 1 N–H and O–H groups in total. The van der Waals surface area contributed by atoms with Crippen LogP contribution in [0.25, 0.3) is 0 Å². The fourth-order valence-corrected chi connectivity index (χ4v) is 2.22. The van der Waals surface area contributed by atoms with Crippen LogP contribution in [0.5, 0.6) is 5.75 Å². The minimum atomic E-state index is -0.316. The van der Waals surface area contributed by atoms with E-state index in [0.717, 1.165) is 18.8 Å². The Hall–Kier alpha value is -1.59. The minimum Gasteiger partial charge on any atom is -0.493 e. The Kier molecular flexibility index (Phi) is 5.83. The van der Waals surface area contributed by atoms with E-state index in [9.17, 15) is 4.79 Å². The van der Waals surface area contributed by atoms with Crippen LogP contribution in [-0.4, -0.2) is 38.9 Å². The molecule has 5 nitrogen and oxygen atoms in total. The molecule has 0 amide bonds. The van der Waals surface area contributed by atoms with Crippen molar-refractivity contribution in [3.8, 4) is 5.75 Å². The summed E-state index contributed by atoms with van der Waals surface area (Å²) < 4.78 is 15.6. The second-order valence-electron chi connectivity index (χ2n) is 4.54. The molecule has 1 atom stereocenters. The summed E-state index contributed by atoms with van der Waals surface area (Å²) in [7, 11) is 0. The molecule has 1 unspecified atom stereocenters. The van der Waals surface area contributed by atoms with Gasteiger partial charge < -0.3 is 19.5 Å². The Bertz CT molecular complexity index is 436. The van der Waals surface area contributed by atoms with Gasteiger partial charge >= 0.3 is 5.97 Å². The molecule has 0 aliphatic carbocycles. The zero-order valence-electron chi connectivity index (χ0n) is 11.8. The number of rotatable bonds is 7. The van der Waals surface area contributed by atoms with Gasteiger partial charge in [-0.3, -0.25) is 0 Å². The number of carbonyl (C=O) groups excluding carboxylic acids is 1. The first-order valence-corrected chi connectivity index (χ1v) is 6.99. The average molecular weight is 279 g/mol. The monoisotopic (exact) mass is 279 g/mol. The molecule has 0 radical (unpaired) electrons. The maximum Gasteiger partial charge on any atom is 0.332 e. The number of ether oxygens (including phenoxy) is 3. The molecule has 20 heavy (non-hydrogen) atoms. The number of hydrogen-bond acceptors (Lipinski definition) is 5. The molecule has 0 spiro atoms. The van der Waals surface area contributed by atoms with Crippen LogP contribution >= 0.6 is 0 Å². The van der Waals surface area contributed by atoms with Gasteiger partial charge in [0, 0.05) is 24.6 Å². The van der Waals surface area contributed by atoms with Gasteiger partial charge in [0.2, 0.25) is 0 Å². The molecule has 1 aliphatic rings. The lowest BCUT2D eigenvalue weighted by atomic mass is 10.0. The van der Waals surface area contributed by atoms with Gasteiger partial charge in [-0.2, -0.15) is 0 Å². The van der Waals surface area contributed by atoms with E-state index >= 15 is 0 Å². The summed E-state index contributed by atoms with van der Waals surface area (Å²) in [4.78, 5) is 11.1. The summed E-state index contributed by atoms with van der Waals surface area (Å²) in [5, 5.41) is 3.43. The average Bonchev–Trinajstić information content (AvgIpc) is 2.47.